The van der Waals surface area contributed by atoms with Crippen molar-refractivity contribution in [3.05, 3.63) is 58.3 Å². The van der Waals surface area contributed by atoms with E-state index in [2.05, 4.69) is 35.5 Å². The summed E-state index contributed by atoms with van der Waals surface area (Å²) in [5.74, 6) is 0. The van der Waals surface area contributed by atoms with Gasteiger partial charge >= 0.3 is 0 Å². The highest BCUT2D eigenvalue weighted by Crippen LogP contribution is 2.18. The summed E-state index contributed by atoms with van der Waals surface area (Å²) < 4.78 is 3.69. The molecule has 5 heteroatoms. The Kier molecular flexibility index (Phi) is 3.25. The number of benzene rings is 1. The van der Waals surface area contributed by atoms with Crippen LogP contribution < -0.4 is 11.3 Å². The van der Waals surface area contributed by atoms with Gasteiger partial charge in [-0.1, -0.05) is 0 Å². The molecule has 2 heterocycles. The van der Waals surface area contributed by atoms with Crippen LogP contribution in [0.25, 0.3) is 11.0 Å². The Bertz CT molecular complexity index is 860. The number of nitrogens with zero attached hydrogens (tertiary/aromatic N) is 3. The summed E-state index contributed by atoms with van der Waals surface area (Å²) in [4.78, 5) is 16.2. The molecule has 3 aromatic rings. The van der Waals surface area contributed by atoms with Gasteiger partial charge in [0.2, 0.25) is 0 Å². The van der Waals surface area contributed by atoms with Gasteiger partial charge in [0.05, 0.1) is 17.4 Å². The van der Waals surface area contributed by atoms with Crippen LogP contribution in [0.3, 0.4) is 0 Å². The molecule has 0 saturated carbocycles. The highest BCUT2D eigenvalue weighted by molar-refractivity contribution is 5.77. The van der Waals surface area contributed by atoms with Crippen LogP contribution in [0.2, 0.25) is 0 Å². The summed E-state index contributed by atoms with van der Waals surface area (Å²) in [5, 5.41) is 0. The number of rotatable bonds is 3. The van der Waals surface area contributed by atoms with Crippen LogP contribution in [0.4, 0.5) is 5.69 Å². The van der Waals surface area contributed by atoms with Crippen molar-refractivity contribution in [3.63, 3.8) is 0 Å². The number of imidazole rings is 1. The van der Waals surface area contributed by atoms with Gasteiger partial charge in [-0.2, -0.15) is 0 Å². The Morgan fingerprint density at radius 3 is 2.62 bits per heavy atom. The molecule has 0 atom stereocenters. The van der Waals surface area contributed by atoms with Crippen LogP contribution >= 0.6 is 0 Å². The molecular formula is C16H18N4O. The van der Waals surface area contributed by atoms with Gasteiger partial charge in [-0.25, -0.2) is 4.98 Å². The first-order chi connectivity index (χ1) is 10.0. The number of nitrogen functional groups attached to an aromatic ring is 1. The van der Waals surface area contributed by atoms with Crippen LogP contribution in [0.5, 0.6) is 0 Å². The van der Waals surface area contributed by atoms with E-state index in [4.69, 9.17) is 5.73 Å². The van der Waals surface area contributed by atoms with Crippen molar-refractivity contribution in [3.8, 4) is 0 Å². The quantitative estimate of drug-likeness (QED) is 0.800. The van der Waals surface area contributed by atoms with E-state index >= 15 is 0 Å². The van der Waals surface area contributed by atoms with Crippen molar-refractivity contribution in [1.82, 2.24) is 14.1 Å². The first kappa shape index (κ1) is 13.4. The second-order valence-electron chi connectivity index (χ2n) is 5.36. The van der Waals surface area contributed by atoms with Gasteiger partial charge in [-0.15, -0.1) is 0 Å². The molecule has 0 radical (unpaired) electrons. The monoisotopic (exact) mass is 282 g/mol. The SMILES string of the molecule is Cc1cc2ncn(CCn3cc(N)ccc3=O)c2cc1C. The molecule has 3 rings (SSSR count). The van der Waals surface area contributed by atoms with Crippen molar-refractivity contribution >= 4 is 16.7 Å². The molecule has 0 amide bonds. The minimum Gasteiger partial charge on any atom is -0.398 e. The van der Waals surface area contributed by atoms with E-state index in [1.807, 2.05) is 6.33 Å². The Labute approximate surface area is 122 Å². The Morgan fingerprint density at radius 1 is 1.10 bits per heavy atom. The zero-order chi connectivity index (χ0) is 15.0. The lowest BCUT2D eigenvalue weighted by molar-refractivity contribution is 0.575. The topological polar surface area (TPSA) is 65.8 Å². The lowest BCUT2D eigenvalue weighted by atomic mass is 10.1. The number of hydrogen-bond donors (Lipinski definition) is 1. The Hall–Kier alpha value is -2.56. The fraction of sp³-hybridized carbons (Fsp3) is 0.250. The van der Waals surface area contributed by atoms with Gasteiger partial charge in [0, 0.05) is 31.0 Å². The molecule has 0 fully saturated rings. The molecule has 0 aliphatic carbocycles. The molecular weight excluding hydrogens is 264 g/mol. The van der Waals surface area contributed by atoms with E-state index in [9.17, 15) is 4.79 Å². The maximum Gasteiger partial charge on any atom is 0.250 e. The van der Waals surface area contributed by atoms with E-state index in [0.717, 1.165) is 11.0 Å². The molecule has 21 heavy (non-hydrogen) atoms. The highest BCUT2D eigenvalue weighted by Gasteiger charge is 2.05. The number of anilines is 1. The molecule has 108 valence electrons. The average molecular weight is 282 g/mol. The van der Waals surface area contributed by atoms with Gasteiger partial charge in [0.15, 0.2) is 0 Å². The summed E-state index contributed by atoms with van der Waals surface area (Å²) in [6.07, 6.45) is 3.50. The van der Waals surface area contributed by atoms with Crippen LogP contribution in [-0.2, 0) is 13.1 Å². The van der Waals surface area contributed by atoms with Crippen molar-refractivity contribution in [1.29, 1.82) is 0 Å². The molecule has 0 aliphatic heterocycles. The number of nitrogens with two attached hydrogens (primary N) is 1. The van der Waals surface area contributed by atoms with E-state index in [-0.39, 0.29) is 5.56 Å². The third-order valence-corrected chi connectivity index (χ3v) is 3.82. The predicted molar refractivity (Wildman–Crippen MR) is 84.3 cm³/mol. The average Bonchev–Trinajstić information content (AvgIpc) is 2.83. The first-order valence-corrected chi connectivity index (χ1v) is 6.92. The second kappa shape index (κ2) is 5.09. The second-order valence-corrected chi connectivity index (χ2v) is 5.36. The molecule has 5 nitrogen and oxygen atoms in total. The molecule has 1 aromatic carbocycles. The molecule has 0 aliphatic rings. The van der Waals surface area contributed by atoms with E-state index in [1.165, 1.54) is 17.2 Å². The largest absolute Gasteiger partial charge is 0.398 e. The summed E-state index contributed by atoms with van der Waals surface area (Å²) in [6, 6.07) is 7.35. The van der Waals surface area contributed by atoms with Gasteiger partial charge in [-0.3, -0.25) is 4.79 Å². The van der Waals surface area contributed by atoms with Crippen LogP contribution in [0.15, 0.2) is 41.6 Å². The van der Waals surface area contributed by atoms with Crippen molar-refractivity contribution < 1.29 is 0 Å². The van der Waals surface area contributed by atoms with Gasteiger partial charge in [0.25, 0.3) is 5.56 Å². The zero-order valence-electron chi connectivity index (χ0n) is 12.2. The van der Waals surface area contributed by atoms with E-state index in [1.54, 1.807) is 16.8 Å². The van der Waals surface area contributed by atoms with Crippen LogP contribution in [-0.4, -0.2) is 14.1 Å². The normalized spacial score (nSPS) is 11.1. The fourth-order valence-electron chi connectivity index (χ4n) is 2.43. The van der Waals surface area contributed by atoms with Crippen molar-refractivity contribution in [2.75, 3.05) is 5.73 Å². The summed E-state index contributed by atoms with van der Waals surface area (Å²) in [5.41, 5.74) is 10.8. The maximum atomic E-state index is 11.8. The maximum absolute atomic E-state index is 11.8. The summed E-state index contributed by atoms with van der Waals surface area (Å²) in [6.45, 7) is 5.43. The summed E-state index contributed by atoms with van der Waals surface area (Å²) >= 11 is 0. The lowest BCUT2D eigenvalue weighted by Crippen LogP contribution is -2.21. The molecule has 0 spiro atoms. The number of pyridine rings is 1. The molecule has 0 bridgehead atoms. The smallest absolute Gasteiger partial charge is 0.250 e. The van der Waals surface area contributed by atoms with E-state index < -0.39 is 0 Å². The molecule has 2 N–H and O–H groups in total. The van der Waals surface area contributed by atoms with Crippen molar-refractivity contribution in [2.45, 2.75) is 26.9 Å². The third kappa shape index (κ3) is 2.54. The summed E-state index contributed by atoms with van der Waals surface area (Å²) in [7, 11) is 0. The number of fused-ring (bicyclic) bond motifs is 1. The zero-order valence-corrected chi connectivity index (χ0v) is 12.2. The van der Waals surface area contributed by atoms with Crippen LogP contribution in [0, 0.1) is 13.8 Å². The number of aromatic nitrogens is 3. The predicted octanol–water partition coefficient (Wildman–Crippen LogP) is 2.10. The highest BCUT2D eigenvalue weighted by atomic mass is 16.1. The standard InChI is InChI=1S/C16H18N4O/c1-11-7-14-15(8-12(11)2)20(10-18-14)6-5-19-9-13(17)3-4-16(19)21/h3-4,7-10H,5-6,17H2,1-2H3. The third-order valence-electron chi connectivity index (χ3n) is 3.82. The van der Waals surface area contributed by atoms with Gasteiger partial charge < -0.3 is 14.9 Å². The number of aryl methyl sites for hydroxylation is 4. The number of hydrogen-bond acceptors (Lipinski definition) is 3. The van der Waals surface area contributed by atoms with E-state index in [0.29, 0.717) is 18.8 Å². The minimum atomic E-state index is -0.0411. The fourth-order valence-corrected chi connectivity index (χ4v) is 2.43. The first-order valence-electron chi connectivity index (χ1n) is 6.92. The molecule has 0 unspecified atom stereocenters. The van der Waals surface area contributed by atoms with Gasteiger partial charge in [-0.05, 0) is 43.2 Å². The van der Waals surface area contributed by atoms with Crippen molar-refractivity contribution in [2.24, 2.45) is 0 Å². The molecule has 0 saturated heterocycles. The van der Waals surface area contributed by atoms with Crippen LogP contribution in [0.1, 0.15) is 11.1 Å². The molecule has 2 aromatic heterocycles. The minimum absolute atomic E-state index is 0.0411. The van der Waals surface area contributed by atoms with Gasteiger partial charge in [0.1, 0.15) is 0 Å². The Morgan fingerprint density at radius 2 is 1.81 bits per heavy atom. The Balaban J connectivity index is 1.90. The lowest BCUT2D eigenvalue weighted by Gasteiger charge is -2.09.